The number of anilines is 1. The Bertz CT molecular complexity index is 693. The van der Waals surface area contributed by atoms with Crippen molar-refractivity contribution in [1.29, 1.82) is 0 Å². The van der Waals surface area contributed by atoms with Crippen LogP contribution in [0.5, 0.6) is 0 Å². The summed E-state index contributed by atoms with van der Waals surface area (Å²) < 4.78 is 0. The molecule has 0 aliphatic carbocycles. The van der Waals surface area contributed by atoms with Crippen molar-refractivity contribution in [3.63, 3.8) is 0 Å². The number of benzene rings is 1. The first-order valence-corrected chi connectivity index (χ1v) is 9.02. The average Bonchev–Trinajstić information content (AvgIpc) is 3.04. The van der Waals surface area contributed by atoms with Crippen LogP contribution in [0.15, 0.2) is 24.3 Å². The van der Waals surface area contributed by atoms with Crippen molar-refractivity contribution in [2.24, 2.45) is 5.73 Å². The van der Waals surface area contributed by atoms with Gasteiger partial charge in [0.1, 0.15) is 0 Å². The molecule has 1 atom stereocenters. The number of hydrogen-bond donors (Lipinski definition) is 4. The van der Waals surface area contributed by atoms with Crippen LogP contribution in [-0.4, -0.2) is 66.2 Å². The van der Waals surface area contributed by atoms with Crippen LogP contribution in [0.3, 0.4) is 0 Å². The molecule has 148 valence electrons. The Kier molecular flexibility index (Phi) is 7.00. The van der Waals surface area contributed by atoms with Gasteiger partial charge >= 0.3 is 12.1 Å². The summed E-state index contributed by atoms with van der Waals surface area (Å²) in [5, 5.41) is 8.22. The van der Waals surface area contributed by atoms with E-state index < -0.39 is 18.1 Å². The summed E-state index contributed by atoms with van der Waals surface area (Å²) in [6.07, 6.45) is -1.03. The first-order chi connectivity index (χ1) is 12.8. The van der Waals surface area contributed by atoms with E-state index in [1.807, 2.05) is 39.0 Å². The highest BCUT2D eigenvalue weighted by molar-refractivity contribution is 5.96. The Morgan fingerprint density at radius 1 is 1.19 bits per heavy atom. The maximum absolute atomic E-state index is 12.8. The van der Waals surface area contributed by atoms with E-state index in [0.717, 1.165) is 5.56 Å². The fourth-order valence-electron chi connectivity index (χ4n) is 2.87. The number of urea groups is 2. The minimum atomic E-state index is -1.03. The maximum Gasteiger partial charge on any atom is 0.323 e. The zero-order valence-corrected chi connectivity index (χ0v) is 16.0. The molecule has 1 fully saturated rings. The summed E-state index contributed by atoms with van der Waals surface area (Å²) in [6, 6.07) is 6.46. The van der Waals surface area contributed by atoms with Gasteiger partial charge in [0.15, 0.2) is 6.17 Å². The molecule has 27 heavy (non-hydrogen) atoms. The van der Waals surface area contributed by atoms with Crippen LogP contribution in [-0.2, 0) is 4.79 Å². The van der Waals surface area contributed by atoms with Gasteiger partial charge in [-0.1, -0.05) is 12.1 Å². The molecule has 0 bridgehead atoms. The topological polar surface area (TPSA) is 120 Å². The summed E-state index contributed by atoms with van der Waals surface area (Å²) >= 11 is 0. The predicted octanol–water partition coefficient (Wildman–Crippen LogP) is 0.664. The van der Waals surface area contributed by atoms with Crippen molar-refractivity contribution in [3.05, 3.63) is 29.8 Å². The molecule has 1 aromatic carbocycles. The molecule has 9 heteroatoms. The second-order valence-electron chi connectivity index (χ2n) is 6.74. The minimum absolute atomic E-state index is 0.0829. The van der Waals surface area contributed by atoms with E-state index in [9.17, 15) is 14.4 Å². The summed E-state index contributed by atoms with van der Waals surface area (Å²) in [5.41, 5.74) is 7.08. The lowest BCUT2D eigenvalue weighted by Gasteiger charge is -2.29. The van der Waals surface area contributed by atoms with E-state index >= 15 is 0 Å². The van der Waals surface area contributed by atoms with Crippen LogP contribution in [0.4, 0.5) is 15.3 Å². The third-order valence-electron chi connectivity index (χ3n) is 4.05. The third kappa shape index (κ3) is 5.33. The van der Waals surface area contributed by atoms with Crippen LogP contribution in [0, 0.1) is 6.92 Å². The van der Waals surface area contributed by atoms with Gasteiger partial charge in [-0.3, -0.25) is 14.6 Å². The maximum atomic E-state index is 12.8. The van der Waals surface area contributed by atoms with Gasteiger partial charge in [-0.25, -0.2) is 9.59 Å². The molecular weight excluding hydrogens is 348 g/mol. The summed E-state index contributed by atoms with van der Waals surface area (Å²) in [5.74, 6) is -0.434. The number of carbonyl (C=O) groups is 3. The monoisotopic (exact) mass is 376 g/mol. The van der Waals surface area contributed by atoms with E-state index in [4.69, 9.17) is 5.73 Å². The molecule has 0 aromatic heterocycles. The summed E-state index contributed by atoms with van der Waals surface area (Å²) in [4.78, 5) is 40.6. The van der Waals surface area contributed by atoms with E-state index in [2.05, 4.69) is 16.0 Å². The molecule has 5 amide bonds. The predicted molar refractivity (Wildman–Crippen MR) is 103 cm³/mol. The number of amides is 5. The number of aryl methyl sites for hydroxylation is 1. The van der Waals surface area contributed by atoms with Crippen molar-refractivity contribution in [2.45, 2.75) is 33.0 Å². The second-order valence-corrected chi connectivity index (χ2v) is 6.74. The Balaban J connectivity index is 2.18. The number of carbonyl (C=O) groups excluding carboxylic acids is 3. The van der Waals surface area contributed by atoms with Gasteiger partial charge in [0.2, 0.25) is 0 Å². The van der Waals surface area contributed by atoms with Gasteiger partial charge in [0, 0.05) is 37.9 Å². The molecule has 0 radical (unpaired) electrons. The highest BCUT2D eigenvalue weighted by Gasteiger charge is 2.42. The van der Waals surface area contributed by atoms with E-state index in [1.54, 1.807) is 6.07 Å². The standard InChI is InChI=1S/C18H28N6O3/c1-12(2)21-17(26)23-9-10-24(16(23)15(25)20-8-7-19)18(27)22-14-6-4-5-13(3)11-14/h4-6,11-12,16H,7-10,19H2,1-3H3,(H,20,25)(H,21,26)(H,22,27). The van der Waals surface area contributed by atoms with Crippen molar-refractivity contribution in [1.82, 2.24) is 20.4 Å². The molecular formula is C18H28N6O3. The highest BCUT2D eigenvalue weighted by Crippen LogP contribution is 2.18. The lowest BCUT2D eigenvalue weighted by molar-refractivity contribution is -0.127. The first-order valence-electron chi connectivity index (χ1n) is 9.02. The van der Waals surface area contributed by atoms with Gasteiger partial charge in [-0.05, 0) is 38.5 Å². The van der Waals surface area contributed by atoms with Crippen LogP contribution in [0.1, 0.15) is 19.4 Å². The zero-order chi connectivity index (χ0) is 20.0. The van der Waals surface area contributed by atoms with Crippen molar-refractivity contribution < 1.29 is 14.4 Å². The van der Waals surface area contributed by atoms with Crippen molar-refractivity contribution in [3.8, 4) is 0 Å². The molecule has 0 saturated carbocycles. The second kappa shape index (κ2) is 9.22. The number of hydrogen-bond acceptors (Lipinski definition) is 4. The SMILES string of the molecule is Cc1cccc(NC(=O)N2CCN(C(=O)NC(C)C)C2C(=O)NCCN)c1. The van der Waals surface area contributed by atoms with Gasteiger partial charge in [-0.15, -0.1) is 0 Å². The molecule has 1 heterocycles. The van der Waals surface area contributed by atoms with E-state index in [-0.39, 0.29) is 38.3 Å². The molecule has 5 N–H and O–H groups in total. The van der Waals surface area contributed by atoms with Gasteiger partial charge in [0.25, 0.3) is 5.91 Å². The normalized spacial score (nSPS) is 16.4. The Morgan fingerprint density at radius 3 is 2.44 bits per heavy atom. The fourth-order valence-corrected chi connectivity index (χ4v) is 2.87. The average molecular weight is 376 g/mol. The van der Waals surface area contributed by atoms with Crippen LogP contribution in [0.25, 0.3) is 0 Å². The number of nitrogens with one attached hydrogen (secondary N) is 3. The van der Waals surface area contributed by atoms with Crippen molar-refractivity contribution >= 4 is 23.7 Å². The van der Waals surface area contributed by atoms with Crippen LogP contribution in [0.2, 0.25) is 0 Å². The fraction of sp³-hybridized carbons (Fsp3) is 0.500. The van der Waals surface area contributed by atoms with E-state index in [1.165, 1.54) is 9.80 Å². The quantitative estimate of drug-likeness (QED) is 0.603. The first kappa shape index (κ1) is 20.5. The molecule has 2 rings (SSSR count). The van der Waals surface area contributed by atoms with E-state index in [0.29, 0.717) is 5.69 Å². The van der Waals surface area contributed by atoms with Crippen LogP contribution < -0.4 is 21.7 Å². The smallest absolute Gasteiger partial charge is 0.323 e. The Morgan fingerprint density at radius 2 is 1.85 bits per heavy atom. The Labute approximate surface area is 159 Å². The lowest BCUT2D eigenvalue weighted by atomic mass is 10.2. The summed E-state index contributed by atoms with van der Waals surface area (Å²) in [6.45, 7) is 6.64. The summed E-state index contributed by atoms with van der Waals surface area (Å²) in [7, 11) is 0. The molecule has 9 nitrogen and oxygen atoms in total. The molecule has 0 spiro atoms. The number of rotatable bonds is 5. The molecule has 1 aromatic rings. The number of nitrogens with zero attached hydrogens (tertiary/aromatic N) is 2. The Hall–Kier alpha value is -2.81. The van der Waals surface area contributed by atoms with Gasteiger partial charge in [-0.2, -0.15) is 0 Å². The van der Waals surface area contributed by atoms with Crippen molar-refractivity contribution in [2.75, 3.05) is 31.5 Å². The molecule has 1 aliphatic heterocycles. The minimum Gasteiger partial charge on any atom is -0.351 e. The van der Waals surface area contributed by atoms with Crippen LogP contribution >= 0.6 is 0 Å². The largest absolute Gasteiger partial charge is 0.351 e. The number of nitrogens with two attached hydrogens (primary N) is 1. The molecule has 1 aliphatic rings. The molecule has 1 saturated heterocycles. The van der Waals surface area contributed by atoms with Gasteiger partial charge < -0.3 is 21.7 Å². The third-order valence-corrected chi connectivity index (χ3v) is 4.05. The van der Waals surface area contributed by atoms with Gasteiger partial charge in [0.05, 0.1) is 0 Å². The zero-order valence-electron chi connectivity index (χ0n) is 16.0. The lowest BCUT2D eigenvalue weighted by Crippen LogP contribution is -2.57. The molecule has 1 unspecified atom stereocenters. The highest BCUT2D eigenvalue weighted by atomic mass is 16.2.